The minimum absolute atomic E-state index is 0.618. The van der Waals surface area contributed by atoms with Gasteiger partial charge in [0.25, 0.3) is 0 Å². The molecule has 0 radical (unpaired) electrons. The van der Waals surface area contributed by atoms with Gasteiger partial charge in [-0.2, -0.15) is 0 Å². The lowest BCUT2D eigenvalue weighted by molar-refractivity contribution is 1.07. The third-order valence-electron chi connectivity index (χ3n) is 12.0. The summed E-state index contributed by atoms with van der Waals surface area (Å²) in [5, 5.41) is 4.88. The molecule has 0 bridgehead atoms. The summed E-state index contributed by atoms with van der Waals surface area (Å²) in [6, 6.07) is 79.3. The number of para-hydroxylation sites is 3. The van der Waals surface area contributed by atoms with Gasteiger partial charge in [-0.1, -0.05) is 158 Å². The molecule has 0 spiro atoms. The predicted octanol–water partition coefficient (Wildman–Crippen LogP) is 14.4. The van der Waals surface area contributed by atoms with Crippen LogP contribution in [-0.2, 0) is 0 Å². The van der Waals surface area contributed by atoms with Crippen molar-refractivity contribution >= 4 is 43.6 Å². The fourth-order valence-electron chi connectivity index (χ4n) is 9.04. The lowest BCUT2D eigenvalue weighted by Gasteiger charge is -2.12. The summed E-state index contributed by atoms with van der Waals surface area (Å²) in [7, 11) is 0. The Morgan fingerprint density at radius 1 is 0.226 bits per heavy atom. The number of aromatic nitrogens is 5. The van der Waals surface area contributed by atoms with E-state index >= 15 is 0 Å². The second-order valence-electron chi connectivity index (χ2n) is 15.7. The van der Waals surface area contributed by atoms with Crippen molar-refractivity contribution in [3.63, 3.8) is 0 Å². The Labute approximate surface area is 358 Å². The molecule has 0 atom stereocenters. The van der Waals surface area contributed by atoms with Gasteiger partial charge < -0.3 is 9.13 Å². The molecule has 3 aromatic heterocycles. The van der Waals surface area contributed by atoms with E-state index in [0.29, 0.717) is 17.5 Å². The van der Waals surface area contributed by atoms with Crippen molar-refractivity contribution < 1.29 is 0 Å². The van der Waals surface area contributed by atoms with Gasteiger partial charge in [-0.25, -0.2) is 15.0 Å². The summed E-state index contributed by atoms with van der Waals surface area (Å²) in [5.74, 6) is 1.88. The first-order chi connectivity index (χ1) is 30.7. The Balaban J connectivity index is 0.978. The highest BCUT2D eigenvalue weighted by molar-refractivity contribution is 6.12. The zero-order valence-corrected chi connectivity index (χ0v) is 33.6. The van der Waals surface area contributed by atoms with Crippen LogP contribution in [0, 0.1) is 0 Å². The standard InChI is InChI=1S/C57H37N5/c1-4-16-38(17-5-1)40-20-14-21-43(34-40)56-58-55(39-18-6-2-7-19-39)59-57(60-56)44-22-15-25-46(35-44)62-52-29-13-11-27-48(52)50-37-42(31-33-54(50)62)41-30-32-53-49(36-41)47-26-10-12-28-51(47)61(53)45-23-8-3-9-24-45/h1-37H. The van der Waals surface area contributed by atoms with Crippen molar-refractivity contribution in [2.24, 2.45) is 0 Å². The molecule has 0 fully saturated rings. The van der Waals surface area contributed by atoms with Gasteiger partial charge in [0.2, 0.25) is 0 Å². The molecule has 0 amide bonds. The van der Waals surface area contributed by atoms with Crippen molar-refractivity contribution in [2.45, 2.75) is 0 Å². The minimum atomic E-state index is 0.618. The topological polar surface area (TPSA) is 48.5 Å². The fourth-order valence-corrected chi connectivity index (χ4v) is 9.04. The molecule has 9 aromatic carbocycles. The van der Waals surface area contributed by atoms with Crippen LogP contribution in [0.3, 0.4) is 0 Å². The lowest BCUT2D eigenvalue weighted by atomic mass is 10.0. The average Bonchev–Trinajstić information content (AvgIpc) is 3.87. The molecule has 0 N–H and O–H groups in total. The third kappa shape index (κ3) is 6.06. The highest BCUT2D eigenvalue weighted by atomic mass is 15.0. The van der Waals surface area contributed by atoms with Gasteiger partial charge in [0.15, 0.2) is 17.5 Å². The molecular weight excluding hydrogens is 755 g/mol. The maximum atomic E-state index is 5.15. The van der Waals surface area contributed by atoms with E-state index in [4.69, 9.17) is 15.0 Å². The van der Waals surface area contributed by atoms with E-state index in [2.05, 4.69) is 197 Å². The van der Waals surface area contributed by atoms with E-state index < -0.39 is 0 Å². The van der Waals surface area contributed by atoms with Crippen molar-refractivity contribution in [3.05, 3.63) is 224 Å². The Kier molecular flexibility index (Phi) is 8.42. The molecule has 0 aliphatic carbocycles. The summed E-state index contributed by atoms with van der Waals surface area (Å²) in [6.07, 6.45) is 0. The van der Waals surface area contributed by atoms with Crippen molar-refractivity contribution in [1.29, 1.82) is 0 Å². The number of fused-ring (bicyclic) bond motifs is 6. The molecule has 5 heteroatoms. The highest BCUT2D eigenvalue weighted by Crippen LogP contribution is 2.39. The molecule has 3 heterocycles. The molecule has 62 heavy (non-hydrogen) atoms. The summed E-state index contributed by atoms with van der Waals surface area (Å²) in [6.45, 7) is 0. The summed E-state index contributed by atoms with van der Waals surface area (Å²) < 4.78 is 4.72. The smallest absolute Gasteiger partial charge is 0.164 e. The Morgan fingerprint density at radius 2 is 0.613 bits per heavy atom. The van der Waals surface area contributed by atoms with E-state index in [0.717, 1.165) is 50.2 Å². The molecule has 0 saturated carbocycles. The molecule has 0 saturated heterocycles. The molecule has 0 unspecified atom stereocenters. The molecule has 5 nitrogen and oxygen atoms in total. The van der Waals surface area contributed by atoms with Gasteiger partial charge in [0.1, 0.15) is 0 Å². The predicted molar refractivity (Wildman–Crippen MR) is 256 cm³/mol. The molecular formula is C57H37N5. The Morgan fingerprint density at radius 3 is 1.21 bits per heavy atom. The van der Waals surface area contributed by atoms with Crippen LogP contribution in [0.5, 0.6) is 0 Å². The van der Waals surface area contributed by atoms with Crippen LogP contribution in [0.4, 0.5) is 0 Å². The quantitative estimate of drug-likeness (QED) is 0.162. The number of benzene rings is 9. The zero-order valence-electron chi connectivity index (χ0n) is 33.6. The first-order valence-corrected chi connectivity index (χ1v) is 20.9. The SMILES string of the molecule is c1ccc(-c2cccc(-c3nc(-c4ccccc4)nc(-c4cccc(-n5c6ccccc6c6cc(-c7ccc8c(c7)c7ccccc7n8-c7ccccc7)ccc65)c4)n3)c2)cc1. The second-order valence-corrected chi connectivity index (χ2v) is 15.7. The molecule has 290 valence electrons. The Hall–Kier alpha value is -8.41. The van der Waals surface area contributed by atoms with Gasteiger partial charge in [0, 0.05) is 49.6 Å². The van der Waals surface area contributed by atoms with Gasteiger partial charge in [-0.15, -0.1) is 0 Å². The number of rotatable bonds is 7. The maximum Gasteiger partial charge on any atom is 0.164 e. The van der Waals surface area contributed by atoms with Crippen LogP contribution in [0.25, 0.3) is 111 Å². The van der Waals surface area contributed by atoms with E-state index in [1.54, 1.807) is 0 Å². The third-order valence-corrected chi connectivity index (χ3v) is 12.0. The number of hydrogen-bond acceptors (Lipinski definition) is 3. The first kappa shape index (κ1) is 35.5. The van der Waals surface area contributed by atoms with Gasteiger partial charge in [-0.05, 0) is 89.0 Å². The fraction of sp³-hybridized carbons (Fsp3) is 0. The van der Waals surface area contributed by atoms with Gasteiger partial charge in [-0.3, -0.25) is 0 Å². The number of hydrogen-bond donors (Lipinski definition) is 0. The van der Waals surface area contributed by atoms with Crippen LogP contribution >= 0.6 is 0 Å². The van der Waals surface area contributed by atoms with Crippen LogP contribution in [0.2, 0.25) is 0 Å². The van der Waals surface area contributed by atoms with Gasteiger partial charge >= 0.3 is 0 Å². The van der Waals surface area contributed by atoms with Crippen molar-refractivity contribution in [2.75, 3.05) is 0 Å². The van der Waals surface area contributed by atoms with Crippen LogP contribution < -0.4 is 0 Å². The van der Waals surface area contributed by atoms with Crippen LogP contribution in [0.15, 0.2) is 224 Å². The average molecular weight is 792 g/mol. The van der Waals surface area contributed by atoms with Crippen LogP contribution in [0.1, 0.15) is 0 Å². The van der Waals surface area contributed by atoms with Crippen LogP contribution in [-0.4, -0.2) is 24.1 Å². The summed E-state index contributed by atoms with van der Waals surface area (Å²) in [5.41, 5.74) is 14.3. The normalized spacial score (nSPS) is 11.5. The lowest BCUT2D eigenvalue weighted by Crippen LogP contribution is -2.01. The molecule has 0 aliphatic heterocycles. The molecule has 12 rings (SSSR count). The van der Waals surface area contributed by atoms with Gasteiger partial charge in [0.05, 0.1) is 22.1 Å². The first-order valence-electron chi connectivity index (χ1n) is 20.9. The summed E-state index contributed by atoms with van der Waals surface area (Å²) >= 11 is 0. The maximum absolute atomic E-state index is 5.15. The monoisotopic (exact) mass is 791 g/mol. The molecule has 12 aromatic rings. The highest BCUT2D eigenvalue weighted by Gasteiger charge is 2.18. The largest absolute Gasteiger partial charge is 0.309 e. The minimum Gasteiger partial charge on any atom is -0.309 e. The van der Waals surface area contributed by atoms with Crippen molar-refractivity contribution in [1.82, 2.24) is 24.1 Å². The zero-order chi connectivity index (χ0) is 41.0. The second kappa shape index (κ2) is 14.7. The van der Waals surface area contributed by atoms with E-state index in [9.17, 15) is 0 Å². The Bertz CT molecular complexity index is 3620. The molecule has 0 aliphatic rings. The van der Waals surface area contributed by atoms with E-state index in [1.165, 1.54) is 43.7 Å². The van der Waals surface area contributed by atoms with E-state index in [-0.39, 0.29) is 0 Å². The van der Waals surface area contributed by atoms with Crippen molar-refractivity contribution in [3.8, 4) is 67.8 Å². The number of nitrogens with zero attached hydrogens (tertiary/aromatic N) is 5. The summed E-state index contributed by atoms with van der Waals surface area (Å²) in [4.78, 5) is 15.3. The van der Waals surface area contributed by atoms with E-state index in [1.807, 2.05) is 36.4 Å².